The number of rotatable bonds is 9. The summed E-state index contributed by atoms with van der Waals surface area (Å²) in [5, 5.41) is 0. The van der Waals surface area contributed by atoms with Gasteiger partial charge in [0.15, 0.2) is 0 Å². The van der Waals surface area contributed by atoms with E-state index >= 15 is 0 Å². The summed E-state index contributed by atoms with van der Waals surface area (Å²) in [5.74, 6) is 1.38. The Morgan fingerprint density at radius 1 is 1.30 bits per heavy atom. The minimum absolute atomic E-state index is 0. The SMILES string of the molecule is CCOC(=O)C(N)Cc1nc2cc(N(CCCl)CCCl)ccc2n1C.Cl.Cl. The molecule has 0 saturated carbocycles. The van der Waals surface area contributed by atoms with Gasteiger partial charge in [0, 0.05) is 44.0 Å². The number of alkyl halides is 2. The van der Waals surface area contributed by atoms with Gasteiger partial charge in [-0.2, -0.15) is 0 Å². The van der Waals surface area contributed by atoms with Crippen LogP contribution in [0.3, 0.4) is 0 Å². The molecular weight excluding hydrogens is 434 g/mol. The summed E-state index contributed by atoms with van der Waals surface area (Å²) in [6.07, 6.45) is 0.326. The molecule has 1 unspecified atom stereocenters. The molecule has 2 rings (SSSR count). The largest absolute Gasteiger partial charge is 0.465 e. The van der Waals surface area contributed by atoms with E-state index in [1.165, 1.54) is 0 Å². The number of fused-ring (bicyclic) bond motifs is 1. The van der Waals surface area contributed by atoms with Crippen LogP contribution < -0.4 is 10.6 Å². The van der Waals surface area contributed by atoms with E-state index < -0.39 is 12.0 Å². The second-order valence-corrected chi connectivity index (χ2v) is 6.44. The lowest BCUT2D eigenvalue weighted by Gasteiger charge is -2.22. The lowest BCUT2D eigenvalue weighted by molar-refractivity contribution is -0.144. The smallest absolute Gasteiger partial charge is 0.323 e. The number of anilines is 1. The van der Waals surface area contributed by atoms with Gasteiger partial charge in [-0.3, -0.25) is 4.79 Å². The molecule has 1 aromatic heterocycles. The zero-order valence-corrected chi connectivity index (χ0v) is 18.5. The molecule has 154 valence electrons. The number of nitrogens with two attached hydrogens (primary N) is 1. The number of carbonyl (C=O) groups is 1. The molecule has 6 nitrogen and oxygen atoms in total. The van der Waals surface area contributed by atoms with Crippen molar-refractivity contribution in [2.24, 2.45) is 12.8 Å². The topological polar surface area (TPSA) is 73.4 Å². The van der Waals surface area contributed by atoms with Crippen molar-refractivity contribution in [2.45, 2.75) is 19.4 Å². The van der Waals surface area contributed by atoms with E-state index in [1.54, 1.807) is 6.92 Å². The van der Waals surface area contributed by atoms with Crippen LogP contribution >= 0.6 is 48.0 Å². The Morgan fingerprint density at radius 2 is 1.93 bits per heavy atom. The van der Waals surface area contributed by atoms with Gasteiger partial charge in [-0.15, -0.1) is 48.0 Å². The molecule has 0 spiro atoms. The molecule has 10 heteroatoms. The minimum atomic E-state index is -0.723. The quantitative estimate of drug-likeness (QED) is 0.460. The lowest BCUT2D eigenvalue weighted by Crippen LogP contribution is -2.35. The van der Waals surface area contributed by atoms with Crippen molar-refractivity contribution in [3.05, 3.63) is 24.0 Å². The van der Waals surface area contributed by atoms with Crippen LogP contribution in [0.5, 0.6) is 0 Å². The number of halogens is 4. The minimum Gasteiger partial charge on any atom is -0.465 e. The zero-order valence-electron chi connectivity index (χ0n) is 15.4. The second kappa shape index (κ2) is 12.5. The molecule has 2 aromatic rings. The number of carbonyl (C=O) groups excluding carboxylic acids is 1. The summed E-state index contributed by atoms with van der Waals surface area (Å²) in [6.45, 7) is 3.50. The molecule has 0 aliphatic heterocycles. The van der Waals surface area contributed by atoms with Gasteiger partial charge in [-0.25, -0.2) is 4.98 Å². The maximum atomic E-state index is 11.7. The van der Waals surface area contributed by atoms with Crippen LogP contribution in [0.2, 0.25) is 0 Å². The number of esters is 1. The molecule has 0 bridgehead atoms. The van der Waals surface area contributed by atoms with Crippen molar-refractivity contribution in [3.8, 4) is 0 Å². The Balaban J connectivity index is 0.00000338. The molecule has 0 amide bonds. The summed E-state index contributed by atoms with van der Waals surface area (Å²) in [5.41, 5.74) is 8.76. The van der Waals surface area contributed by atoms with Crippen molar-refractivity contribution in [1.82, 2.24) is 9.55 Å². The molecule has 0 fully saturated rings. The maximum absolute atomic E-state index is 11.7. The molecule has 1 heterocycles. The molecule has 2 N–H and O–H groups in total. The molecule has 1 aromatic carbocycles. The number of aromatic nitrogens is 2. The van der Waals surface area contributed by atoms with Gasteiger partial charge in [0.2, 0.25) is 0 Å². The Bertz CT molecular complexity index is 720. The third kappa shape index (κ3) is 6.57. The summed E-state index contributed by atoms with van der Waals surface area (Å²) >= 11 is 11.8. The van der Waals surface area contributed by atoms with Crippen LogP contribution in [-0.4, -0.2) is 53.0 Å². The molecule has 0 aliphatic carbocycles. The summed E-state index contributed by atoms with van der Waals surface area (Å²) in [7, 11) is 1.91. The normalized spacial score (nSPS) is 11.4. The average molecular weight is 460 g/mol. The van der Waals surface area contributed by atoms with Crippen LogP contribution in [0.15, 0.2) is 18.2 Å². The molecule has 0 radical (unpaired) electrons. The predicted octanol–water partition coefficient (Wildman–Crippen LogP) is 3.13. The fourth-order valence-corrected chi connectivity index (χ4v) is 3.13. The standard InChI is InChI=1S/C17H24Cl2N4O2.2ClH/c1-3-25-17(24)13(20)11-16-21-14-10-12(4-5-15(14)22(16)2)23(8-6-18)9-7-19;;/h4-5,10,13H,3,6-9,11,20H2,1-2H3;2*1H. The van der Waals surface area contributed by atoms with Crippen LogP contribution in [0, 0.1) is 0 Å². The van der Waals surface area contributed by atoms with E-state index in [-0.39, 0.29) is 24.8 Å². The second-order valence-electron chi connectivity index (χ2n) is 5.69. The van der Waals surface area contributed by atoms with Crippen molar-refractivity contribution in [3.63, 3.8) is 0 Å². The Hall–Kier alpha value is -0.920. The van der Waals surface area contributed by atoms with Gasteiger partial charge in [0.1, 0.15) is 11.9 Å². The molecular formula is C17H26Cl4N4O2. The third-order valence-corrected chi connectivity index (χ3v) is 4.36. The number of hydrogen-bond acceptors (Lipinski definition) is 5. The third-order valence-electron chi connectivity index (χ3n) is 4.02. The van der Waals surface area contributed by atoms with Crippen molar-refractivity contribution < 1.29 is 9.53 Å². The van der Waals surface area contributed by atoms with E-state index in [0.717, 1.165) is 22.5 Å². The highest BCUT2D eigenvalue weighted by atomic mass is 35.5. The van der Waals surface area contributed by atoms with Crippen molar-refractivity contribution >= 4 is 70.7 Å². The highest BCUT2D eigenvalue weighted by Crippen LogP contribution is 2.23. The first-order valence-corrected chi connectivity index (χ1v) is 9.33. The van der Waals surface area contributed by atoms with Gasteiger partial charge in [0.05, 0.1) is 17.6 Å². The first kappa shape index (κ1) is 26.1. The van der Waals surface area contributed by atoms with E-state index in [4.69, 9.17) is 33.7 Å². The highest BCUT2D eigenvalue weighted by Gasteiger charge is 2.19. The summed E-state index contributed by atoms with van der Waals surface area (Å²) < 4.78 is 6.91. The van der Waals surface area contributed by atoms with E-state index in [0.29, 0.717) is 37.9 Å². The number of aryl methyl sites for hydroxylation is 1. The van der Waals surface area contributed by atoms with Gasteiger partial charge >= 0.3 is 5.97 Å². The van der Waals surface area contributed by atoms with Crippen LogP contribution in [-0.2, 0) is 23.0 Å². The summed E-state index contributed by atoms with van der Waals surface area (Å²) in [4.78, 5) is 18.5. The first-order chi connectivity index (χ1) is 12.0. The lowest BCUT2D eigenvalue weighted by atomic mass is 10.2. The summed E-state index contributed by atoms with van der Waals surface area (Å²) in [6, 6.07) is 5.32. The van der Waals surface area contributed by atoms with E-state index in [9.17, 15) is 4.79 Å². The highest BCUT2D eigenvalue weighted by molar-refractivity contribution is 6.18. The zero-order chi connectivity index (χ0) is 18.4. The number of benzene rings is 1. The maximum Gasteiger partial charge on any atom is 0.323 e. The average Bonchev–Trinajstić information content (AvgIpc) is 2.90. The number of hydrogen-bond donors (Lipinski definition) is 1. The van der Waals surface area contributed by atoms with Gasteiger partial charge in [-0.05, 0) is 25.1 Å². The molecule has 27 heavy (non-hydrogen) atoms. The first-order valence-electron chi connectivity index (χ1n) is 8.26. The number of nitrogens with zero attached hydrogens (tertiary/aromatic N) is 3. The number of imidazole rings is 1. The Kier molecular flexibility index (Phi) is 12.1. The van der Waals surface area contributed by atoms with Gasteiger partial charge < -0.3 is 19.9 Å². The molecule has 0 saturated heterocycles. The van der Waals surface area contributed by atoms with E-state index in [2.05, 4.69) is 9.88 Å². The molecule has 1 atom stereocenters. The van der Waals surface area contributed by atoms with E-state index in [1.807, 2.05) is 29.8 Å². The fourth-order valence-electron chi connectivity index (χ4n) is 2.72. The molecule has 0 aliphatic rings. The van der Waals surface area contributed by atoms with Crippen LogP contribution in [0.4, 0.5) is 5.69 Å². The van der Waals surface area contributed by atoms with Crippen molar-refractivity contribution in [2.75, 3.05) is 36.4 Å². The van der Waals surface area contributed by atoms with Gasteiger partial charge in [0.25, 0.3) is 0 Å². The predicted molar refractivity (Wildman–Crippen MR) is 117 cm³/mol. The van der Waals surface area contributed by atoms with Gasteiger partial charge in [-0.1, -0.05) is 0 Å². The Labute approximate surface area is 182 Å². The monoisotopic (exact) mass is 458 g/mol. The van der Waals surface area contributed by atoms with Crippen LogP contribution in [0.1, 0.15) is 12.7 Å². The van der Waals surface area contributed by atoms with Crippen LogP contribution in [0.25, 0.3) is 11.0 Å². The van der Waals surface area contributed by atoms with Crippen molar-refractivity contribution in [1.29, 1.82) is 0 Å². The Morgan fingerprint density at radius 3 is 2.48 bits per heavy atom. The number of ether oxygens (including phenoxy) is 1. The fraction of sp³-hybridized carbons (Fsp3) is 0.529.